The second-order valence-corrected chi connectivity index (χ2v) is 5.82. The van der Waals surface area contributed by atoms with Gasteiger partial charge < -0.3 is 5.32 Å². The highest BCUT2D eigenvalue weighted by Gasteiger charge is 2.07. The summed E-state index contributed by atoms with van der Waals surface area (Å²) in [6.45, 7) is 0.645. The van der Waals surface area contributed by atoms with Gasteiger partial charge in [-0.2, -0.15) is 0 Å². The molecule has 2 nitrogen and oxygen atoms in total. The van der Waals surface area contributed by atoms with Crippen LogP contribution in [0.25, 0.3) is 10.4 Å². The summed E-state index contributed by atoms with van der Waals surface area (Å²) in [5, 5.41) is 7.97. The summed E-state index contributed by atoms with van der Waals surface area (Å²) in [4.78, 5) is 5.11. The summed E-state index contributed by atoms with van der Waals surface area (Å²) >= 11 is 3.10. The van der Waals surface area contributed by atoms with Crippen LogP contribution in [0.15, 0.2) is 47.3 Å². The largest absolute Gasteiger partial charge is 0.357 e. The number of nitrogens with one attached hydrogen (secondary N) is 1. The van der Waals surface area contributed by atoms with E-state index in [4.69, 9.17) is 0 Å². The molecular formula is C14H11FN2S2. The SMILES string of the molecule is Fc1ccc(CNc2nccs2)cc1-c1cccs1. The van der Waals surface area contributed by atoms with Gasteiger partial charge in [0.25, 0.3) is 0 Å². The van der Waals surface area contributed by atoms with Gasteiger partial charge in [-0.15, -0.1) is 22.7 Å². The number of halogens is 1. The van der Waals surface area contributed by atoms with Crippen molar-refractivity contribution in [1.29, 1.82) is 0 Å². The van der Waals surface area contributed by atoms with Crippen LogP contribution in [-0.2, 0) is 6.54 Å². The van der Waals surface area contributed by atoms with E-state index in [1.165, 1.54) is 6.07 Å². The Labute approximate surface area is 118 Å². The molecule has 0 unspecified atom stereocenters. The van der Waals surface area contributed by atoms with Crippen molar-refractivity contribution >= 4 is 27.8 Å². The first-order valence-corrected chi connectivity index (χ1v) is 7.54. The molecule has 0 spiro atoms. The van der Waals surface area contributed by atoms with Crippen LogP contribution >= 0.6 is 22.7 Å². The molecule has 0 amide bonds. The average Bonchev–Trinajstić information content (AvgIpc) is 3.11. The van der Waals surface area contributed by atoms with Crippen molar-refractivity contribution in [2.24, 2.45) is 0 Å². The molecule has 0 aliphatic rings. The maximum Gasteiger partial charge on any atom is 0.182 e. The normalized spacial score (nSPS) is 10.6. The maximum absolute atomic E-state index is 13.8. The molecule has 0 aliphatic heterocycles. The molecule has 1 aromatic carbocycles. The van der Waals surface area contributed by atoms with Gasteiger partial charge in [0.05, 0.1) is 0 Å². The molecular weight excluding hydrogens is 279 g/mol. The second-order valence-electron chi connectivity index (χ2n) is 3.98. The molecule has 2 heterocycles. The van der Waals surface area contributed by atoms with E-state index in [0.717, 1.165) is 15.6 Å². The fourth-order valence-electron chi connectivity index (χ4n) is 1.79. The molecule has 0 bridgehead atoms. The number of thiazole rings is 1. The van der Waals surface area contributed by atoms with E-state index >= 15 is 0 Å². The molecule has 0 fully saturated rings. The Balaban J connectivity index is 1.81. The third-order valence-corrected chi connectivity index (χ3v) is 4.33. The zero-order chi connectivity index (χ0) is 13.1. The standard InChI is InChI=1S/C14H11FN2S2/c15-12-4-3-10(9-17-14-16-5-7-19-14)8-11(12)13-2-1-6-18-13/h1-8H,9H2,(H,16,17). The molecule has 0 saturated carbocycles. The topological polar surface area (TPSA) is 24.9 Å². The zero-order valence-electron chi connectivity index (χ0n) is 9.97. The third kappa shape index (κ3) is 2.83. The first-order valence-electron chi connectivity index (χ1n) is 5.78. The summed E-state index contributed by atoms with van der Waals surface area (Å²) in [6.07, 6.45) is 1.76. The molecule has 1 N–H and O–H groups in total. The Hall–Kier alpha value is -1.72. The van der Waals surface area contributed by atoms with Gasteiger partial charge in [-0.25, -0.2) is 9.37 Å². The van der Waals surface area contributed by atoms with Gasteiger partial charge in [0, 0.05) is 28.6 Å². The summed E-state index contributed by atoms with van der Waals surface area (Å²) in [6, 6.07) is 9.07. The van der Waals surface area contributed by atoms with Crippen LogP contribution in [0.2, 0.25) is 0 Å². The van der Waals surface area contributed by atoms with E-state index in [-0.39, 0.29) is 5.82 Å². The Morgan fingerprint density at radius 3 is 2.84 bits per heavy atom. The van der Waals surface area contributed by atoms with Gasteiger partial charge in [-0.3, -0.25) is 0 Å². The van der Waals surface area contributed by atoms with Gasteiger partial charge in [0.2, 0.25) is 0 Å². The highest BCUT2D eigenvalue weighted by molar-refractivity contribution is 7.13. The van der Waals surface area contributed by atoms with E-state index < -0.39 is 0 Å². The maximum atomic E-state index is 13.8. The first kappa shape index (κ1) is 12.3. The minimum Gasteiger partial charge on any atom is -0.357 e. The fourth-order valence-corrected chi connectivity index (χ4v) is 3.06. The minimum atomic E-state index is -0.180. The van der Waals surface area contributed by atoms with Crippen LogP contribution < -0.4 is 5.32 Å². The number of aromatic nitrogens is 1. The summed E-state index contributed by atoms with van der Waals surface area (Å²) in [5.41, 5.74) is 1.70. The van der Waals surface area contributed by atoms with E-state index in [0.29, 0.717) is 12.1 Å². The van der Waals surface area contributed by atoms with Crippen molar-refractivity contribution in [1.82, 2.24) is 4.98 Å². The number of anilines is 1. The number of hydrogen-bond acceptors (Lipinski definition) is 4. The molecule has 5 heteroatoms. The Kier molecular flexibility index (Phi) is 3.57. The van der Waals surface area contributed by atoms with Crippen molar-refractivity contribution < 1.29 is 4.39 Å². The molecule has 96 valence electrons. The third-order valence-electron chi connectivity index (χ3n) is 2.69. The monoisotopic (exact) mass is 290 g/mol. The predicted molar refractivity (Wildman–Crippen MR) is 79.2 cm³/mol. The highest BCUT2D eigenvalue weighted by atomic mass is 32.1. The van der Waals surface area contributed by atoms with Gasteiger partial charge >= 0.3 is 0 Å². The van der Waals surface area contributed by atoms with E-state index in [2.05, 4.69) is 10.3 Å². The lowest BCUT2D eigenvalue weighted by Crippen LogP contribution is -1.99. The second kappa shape index (κ2) is 5.50. The lowest BCUT2D eigenvalue weighted by Gasteiger charge is -2.06. The predicted octanol–water partition coefficient (Wildman–Crippen LogP) is 4.62. The van der Waals surface area contributed by atoms with Crippen molar-refractivity contribution in [3.8, 4) is 10.4 Å². The minimum absolute atomic E-state index is 0.180. The fraction of sp³-hybridized carbons (Fsp3) is 0.0714. The van der Waals surface area contributed by atoms with Gasteiger partial charge in [-0.1, -0.05) is 12.1 Å². The van der Waals surface area contributed by atoms with Crippen molar-refractivity contribution in [2.75, 3.05) is 5.32 Å². The Morgan fingerprint density at radius 1 is 1.16 bits per heavy atom. The molecule has 19 heavy (non-hydrogen) atoms. The number of benzene rings is 1. The highest BCUT2D eigenvalue weighted by Crippen LogP contribution is 2.28. The molecule has 0 atom stereocenters. The number of rotatable bonds is 4. The molecule has 2 aromatic heterocycles. The smallest absolute Gasteiger partial charge is 0.182 e. The van der Waals surface area contributed by atoms with Crippen LogP contribution in [0, 0.1) is 5.82 Å². The molecule has 0 saturated heterocycles. The van der Waals surface area contributed by atoms with Crippen molar-refractivity contribution in [3.05, 3.63) is 58.7 Å². The molecule has 0 aliphatic carbocycles. The van der Waals surface area contributed by atoms with Crippen LogP contribution in [0.4, 0.5) is 9.52 Å². The van der Waals surface area contributed by atoms with Gasteiger partial charge in [0.1, 0.15) is 5.82 Å². The van der Waals surface area contributed by atoms with Crippen LogP contribution in [0.1, 0.15) is 5.56 Å². The quantitative estimate of drug-likeness (QED) is 0.758. The van der Waals surface area contributed by atoms with E-state index in [1.54, 1.807) is 34.9 Å². The summed E-state index contributed by atoms with van der Waals surface area (Å²) in [7, 11) is 0. The van der Waals surface area contributed by atoms with E-state index in [9.17, 15) is 4.39 Å². The first-order chi connectivity index (χ1) is 9.33. The van der Waals surface area contributed by atoms with Crippen molar-refractivity contribution in [3.63, 3.8) is 0 Å². The molecule has 3 rings (SSSR count). The lowest BCUT2D eigenvalue weighted by molar-refractivity contribution is 0.631. The van der Waals surface area contributed by atoms with Gasteiger partial charge in [0.15, 0.2) is 5.13 Å². The van der Waals surface area contributed by atoms with E-state index in [1.807, 2.05) is 29.0 Å². The molecule has 0 radical (unpaired) electrons. The zero-order valence-corrected chi connectivity index (χ0v) is 11.6. The summed E-state index contributed by atoms with van der Waals surface area (Å²) in [5.74, 6) is -0.180. The van der Waals surface area contributed by atoms with Crippen LogP contribution in [0.5, 0.6) is 0 Å². The van der Waals surface area contributed by atoms with Crippen LogP contribution in [-0.4, -0.2) is 4.98 Å². The number of thiophene rings is 1. The summed E-state index contributed by atoms with van der Waals surface area (Å²) < 4.78 is 13.8. The molecule has 3 aromatic rings. The Morgan fingerprint density at radius 2 is 2.11 bits per heavy atom. The lowest BCUT2D eigenvalue weighted by atomic mass is 10.1. The number of nitrogens with zero attached hydrogens (tertiary/aromatic N) is 1. The average molecular weight is 290 g/mol. The van der Waals surface area contributed by atoms with Crippen LogP contribution in [0.3, 0.4) is 0 Å². The Bertz CT molecular complexity index is 648. The van der Waals surface area contributed by atoms with Gasteiger partial charge in [-0.05, 0) is 29.1 Å². The number of hydrogen-bond donors (Lipinski definition) is 1. The van der Waals surface area contributed by atoms with Crippen molar-refractivity contribution in [2.45, 2.75) is 6.54 Å².